The Kier molecular flexibility index (Phi) is 2.59. The standard InChI is InChI=1S/C9H12IN3/c10-13-4-3-12-6-7-5-8(11)1-2-9(7)13/h1-2,5,12H,3-4,6,11H2. The molecule has 0 spiro atoms. The molecule has 0 radical (unpaired) electrons. The van der Waals surface area contributed by atoms with E-state index in [0.29, 0.717) is 0 Å². The van der Waals surface area contributed by atoms with Crippen molar-refractivity contribution in [1.29, 1.82) is 0 Å². The van der Waals surface area contributed by atoms with Crippen LogP contribution in [0.1, 0.15) is 5.56 Å². The van der Waals surface area contributed by atoms with Gasteiger partial charge in [-0.15, -0.1) is 0 Å². The number of hydrogen-bond donors (Lipinski definition) is 2. The zero-order valence-corrected chi connectivity index (χ0v) is 9.41. The Bertz CT molecular complexity index is 314. The first-order valence-electron chi connectivity index (χ1n) is 4.30. The molecule has 3 nitrogen and oxygen atoms in total. The van der Waals surface area contributed by atoms with Crippen LogP contribution >= 0.6 is 22.9 Å². The quantitative estimate of drug-likeness (QED) is 0.432. The molecule has 4 heteroatoms. The number of nitrogens with zero attached hydrogens (tertiary/aromatic N) is 1. The Morgan fingerprint density at radius 3 is 3.15 bits per heavy atom. The number of halogens is 1. The van der Waals surface area contributed by atoms with E-state index in [1.165, 1.54) is 11.3 Å². The van der Waals surface area contributed by atoms with Crippen LogP contribution in [-0.4, -0.2) is 13.1 Å². The van der Waals surface area contributed by atoms with Gasteiger partial charge < -0.3 is 14.2 Å². The maximum atomic E-state index is 5.73. The van der Waals surface area contributed by atoms with Gasteiger partial charge in [0.05, 0.1) is 28.6 Å². The molecule has 1 aromatic rings. The molecule has 2 rings (SSSR count). The average molecular weight is 289 g/mol. The van der Waals surface area contributed by atoms with E-state index in [1.54, 1.807) is 0 Å². The minimum Gasteiger partial charge on any atom is -0.399 e. The first kappa shape index (κ1) is 9.08. The highest BCUT2D eigenvalue weighted by Gasteiger charge is 2.12. The maximum absolute atomic E-state index is 5.73. The average Bonchev–Trinajstić information content (AvgIpc) is 2.28. The van der Waals surface area contributed by atoms with Crippen molar-refractivity contribution in [3.8, 4) is 0 Å². The molecular weight excluding hydrogens is 277 g/mol. The summed E-state index contributed by atoms with van der Waals surface area (Å²) in [5.41, 5.74) is 9.13. The van der Waals surface area contributed by atoms with Crippen molar-refractivity contribution >= 4 is 34.2 Å². The van der Waals surface area contributed by atoms with E-state index in [2.05, 4.69) is 37.4 Å². The number of rotatable bonds is 0. The highest BCUT2D eigenvalue weighted by molar-refractivity contribution is 14.1. The van der Waals surface area contributed by atoms with Gasteiger partial charge in [-0.3, -0.25) is 0 Å². The maximum Gasteiger partial charge on any atom is 0.0591 e. The minimum absolute atomic E-state index is 0.840. The third-order valence-corrected chi connectivity index (χ3v) is 3.17. The van der Waals surface area contributed by atoms with Gasteiger partial charge in [-0.2, -0.15) is 0 Å². The van der Waals surface area contributed by atoms with Crippen LogP contribution in [-0.2, 0) is 6.54 Å². The van der Waals surface area contributed by atoms with Gasteiger partial charge in [0.15, 0.2) is 0 Å². The van der Waals surface area contributed by atoms with Crippen LogP contribution < -0.4 is 14.2 Å². The van der Waals surface area contributed by atoms with E-state index in [4.69, 9.17) is 5.73 Å². The summed E-state index contributed by atoms with van der Waals surface area (Å²) in [5, 5.41) is 3.36. The van der Waals surface area contributed by atoms with E-state index < -0.39 is 0 Å². The molecule has 1 heterocycles. The van der Waals surface area contributed by atoms with E-state index in [9.17, 15) is 0 Å². The fourth-order valence-corrected chi connectivity index (χ4v) is 2.22. The molecule has 0 unspecified atom stereocenters. The van der Waals surface area contributed by atoms with Crippen LogP contribution in [0, 0.1) is 0 Å². The monoisotopic (exact) mass is 289 g/mol. The lowest BCUT2D eigenvalue weighted by Gasteiger charge is -2.15. The lowest BCUT2D eigenvalue weighted by molar-refractivity contribution is 0.721. The van der Waals surface area contributed by atoms with Gasteiger partial charge in [0.25, 0.3) is 0 Å². The van der Waals surface area contributed by atoms with Crippen molar-refractivity contribution in [3.63, 3.8) is 0 Å². The second-order valence-corrected chi connectivity index (χ2v) is 4.32. The molecule has 0 saturated carbocycles. The van der Waals surface area contributed by atoms with Crippen LogP contribution in [0.25, 0.3) is 0 Å². The van der Waals surface area contributed by atoms with Crippen LogP contribution in [0.15, 0.2) is 18.2 Å². The van der Waals surface area contributed by atoms with E-state index in [1.807, 2.05) is 12.1 Å². The molecule has 0 atom stereocenters. The number of anilines is 2. The summed E-state index contributed by atoms with van der Waals surface area (Å²) in [5.74, 6) is 0. The second-order valence-electron chi connectivity index (χ2n) is 3.15. The molecule has 0 aromatic heterocycles. The summed E-state index contributed by atoms with van der Waals surface area (Å²) >= 11 is 2.34. The van der Waals surface area contributed by atoms with Crippen molar-refractivity contribution in [2.24, 2.45) is 0 Å². The second kappa shape index (κ2) is 3.71. The highest BCUT2D eigenvalue weighted by Crippen LogP contribution is 2.26. The fraction of sp³-hybridized carbons (Fsp3) is 0.333. The van der Waals surface area contributed by atoms with E-state index in [0.717, 1.165) is 25.3 Å². The summed E-state index contributed by atoms with van der Waals surface area (Å²) in [4.78, 5) is 0. The Labute approximate surface area is 91.8 Å². The third-order valence-electron chi connectivity index (χ3n) is 2.17. The topological polar surface area (TPSA) is 41.3 Å². The van der Waals surface area contributed by atoms with Crippen molar-refractivity contribution < 1.29 is 0 Å². The number of nitrogen functional groups attached to an aromatic ring is 1. The first-order chi connectivity index (χ1) is 6.27. The molecule has 3 N–H and O–H groups in total. The van der Waals surface area contributed by atoms with Crippen LogP contribution in [0.2, 0.25) is 0 Å². The lowest BCUT2D eigenvalue weighted by Crippen LogP contribution is -2.20. The van der Waals surface area contributed by atoms with Crippen molar-refractivity contribution in [2.75, 3.05) is 21.9 Å². The zero-order chi connectivity index (χ0) is 9.26. The van der Waals surface area contributed by atoms with Crippen LogP contribution in [0.4, 0.5) is 11.4 Å². The largest absolute Gasteiger partial charge is 0.399 e. The Balaban J connectivity index is 2.42. The number of hydrogen-bond acceptors (Lipinski definition) is 3. The number of benzene rings is 1. The zero-order valence-electron chi connectivity index (χ0n) is 7.26. The van der Waals surface area contributed by atoms with Crippen molar-refractivity contribution in [3.05, 3.63) is 23.8 Å². The van der Waals surface area contributed by atoms with Gasteiger partial charge in [-0.25, -0.2) is 0 Å². The molecule has 0 amide bonds. The van der Waals surface area contributed by atoms with Gasteiger partial charge in [-0.1, -0.05) is 0 Å². The third kappa shape index (κ3) is 1.88. The van der Waals surface area contributed by atoms with Gasteiger partial charge >= 0.3 is 0 Å². The van der Waals surface area contributed by atoms with Crippen molar-refractivity contribution in [2.45, 2.75) is 6.54 Å². The first-order valence-corrected chi connectivity index (χ1v) is 5.26. The summed E-state index contributed by atoms with van der Waals surface area (Å²) in [6.45, 7) is 2.98. The van der Waals surface area contributed by atoms with Gasteiger partial charge in [-0.05, 0) is 23.8 Å². The van der Waals surface area contributed by atoms with Crippen LogP contribution in [0.3, 0.4) is 0 Å². The minimum atomic E-state index is 0.840. The van der Waals surface area contributed by atoms with Crippen molar-refractivity contribution in [1.82, 2.24) is 5.32 Å². The van der Waals surface area contributed by atoms with Gasteiger partial charge in [0, 0.05) is 25.3 Å². The predicted octanol–water partition coefficient (Wildman–Crippen LogP) is 1.53. The number of nitrogens with one attached hydrogen (secondary N) is 1. The van der Waals surface area contributed by atoms with Gasteiger partial charge in [0.1, 0.15) is 0 Å². The Morgan fingerprint density at radius 1 is 1.46 bits per heavy atom. The molecule has 0 aliphatic carbocycles. The summed E-state index contributed by atoms with van der Waals surface area (Å²) in [6, 6.07) is 6.08. The molecule has 13 heavy (non-hydrogen) atoms. The van der Waals surface area contributed by atoms with E-state index in [-0.39, 0.29) is 0 Å². The fourth-order valence-electron chi connectivity index (χ4n) is 1.50. The molecular formula is C9H12IN3. The molecule has 1 aliphatic rings. The Morgan fingerprint density at radius 2 is 2.31 bits per heavy atom. The SMILES string of the molecule is Nc1ccc2c(c1)CNCCN2I. The predicted molar refractivity (Wildman–Crippen MR) is 63.9 cm³/mol. The van der Waals surface area contributed by atoms with Crippen LogP contribution in [0.5, 0.6) is 0 Å². The molecule has 0 fully saturated rings. The molecule has 0 saturated heterocycles. The normalized spacial score (nSPS) is 16.5. The number of nitrogens with two attached hydrogens (primary N) is 1. The molecule has 1 aromatic carbocycles. The lowest BCUT2D eigenvalue weighted by atomic mass is 10.1. The smallest absolute Gasteiger partial charge is 0.0591 e. The molecule has 70 valence electrons. The molecule has 0 bridgehead atoms. The number of fused-ring (bicyclic) bond motifs is 1. The summed E-state index contributed by atoms with van der Waals surface area (Å²) < 4.78 is 2.23. The summed E-state index contributed by atoms with van der Waals surface area (Å²) in [6.07, 6.45) is 0. The van der Waals surface area contributed by atoms with E-state index >= 15 is 0 Å². The van der Waals surface area contributed by atoms with Gasteiger partial charge in [0.2, 0.25) is 0 Å². The molecule has 1 aliphatic heterocycles. The highest BCUT2D eigenvalue weighted by atomic mass is 127. The summed E-state index contributed by atoms with van der Waals surface area (Å²) in [7, 11) is 0. The Hall–Kier alpha value is -0.490.